The molecule has 0 saturated carbocycles. The van der Waals surface area contributed by atoms with Crippen LogP contribution in [0, 0.1) is 21.4 Å². The smallest absolute Gasteiger partial charge is 0.270 e. The van der Waals surface area contributed by atoms with Crippen molar-refractivity contribution >= 4 is 22.4 Å². The number of nitriles is 1. The summed E-state index contributed by atoms with van der Waals surface area (Å²) < 4.78 is 1.90. The van der Waals surface area contributed by atoms with Gasteiger partial charge in [-0.15, -0.1) is 0 Å². The SMILES string of the molecule is N#Cc1c(-c2cccc([N+](=O)[O-])c2)cn2c1[nH]c1ccccc12. The Hall–Kier alpha value is -3.59. The van der Waals surface area contributed by atoms with Gasteiger partial charge in [-0.25, -0.2) is 0 Å². The second kappa shape index (κ2) is 4.71. The first kappa shape index (κ1) is 13.1. The molecule has 0 aliphatic rings. The predicted molar refractivity (Wildman–Crippen MR) is 86.1 cm³/mol. The number of non-ortho nitro benzene ring substituents is 1. The Morgan fingerprint density at radius 1 is 1.17 bits per heavy atom. The fourth-order valence-electron chi connectivity index (χ4n) is 2.85. The summed E-state index contributed by atoms with van der Waals surface area (Å²) in [6.07, 6.45) is 1.84. The van der Waals surface area contributed by atoms with Crippen LogP contribution >= 0.6 is 0 Å². The van der Waals surface area contributed by atoms with Crippen molar-refractivity contribution < 1.29 is 4.92 Å². The first-order chi connectivity index (χ1) is 11.2. The van der Waals surface area contributed by atoms with E-state index >= 15 is 0 Å². The first-order valence-electron chi connectivity index (χ1n) is 6.96. The van der Waals surface area contributed by atoms with Crippen LogP contribution in [0.1, 0.15) is 5.56 Å². The van der Waals surface area contributed by atoms with Crippen LogP contribution < -0.4 is 0 Å². The van der Waals surface area contributed by atoms with Gasteiger partial charge in [-0.3, -0.25) is 14.5 Å². The highest BCUT2D eigenvalue weighted by molar-refractivity contribution is 5.88. The van der Waals surface area contributed by atoms with Gasteiger partial charge in [-0.05, 0) is 17.7 Å². The lowest BCUT2D eigenvalue weighted by Gasteiger charge is -1.99. The lowest BCUT2D eigenvalue weighted by molar-refractivity contribution is -0.384. The Bertz CT molecular complexity index is 1110. The average molecular weight is 302 g/mol. The fraction of sp³-hybridized carbons (Fsp3) is 0. The van der Waals surface area contributed by atoms with Crippen LogP contribution in [0.3, 0.4) is 0 Å². The first-order valence-corrected chi connectivity index (χ1v) is 6.96. The summed E-state index contributed by atoms with van der Waals surface area (Å²) in [5.74, 6) is 0. The molecule has 0 unspecified atom stereocenters. The molecule has 0 atom stereocenters. The molecule has 0 bridgehead atoms. The molecule has 6 nitrogen and oxygen atoms in total. The van der Waals surface area contributed by atoms with Crippen molar-refractivity contribution in [3.8, 4) is 17.2 Å². The maximum Gasteiger partial charge on any atom is 0.270 e. The van der Waals surface area contributed by atoms with Crippen molar-refractivity contribution in [1.29, 1.82) is 5.26 Å². The van der Waals surface area contributed by atoms with E-state index in [1.165, 1.54) is 12.1 Å². The van der Waals surface area contributed by atoms with Crippen molar-refractivity contribution in [2.24, 2.45) is 0 Å². The second-order valence-corrected chi connectivity index (χ2v) is 5.20. The molecule has 23 heavy (non-hydrogen) atoms. The van der Waals surface area contributed by atoms with E-state index in [1.54, 1.807) is 12.1 Å². The highest BCUT2D eigenvalue weighted by Gasteiger charge is 2.17. The Balaban J connectivity index is 2.02. The number of para-hydroxylation sites is 2. The third kappa shape index (κ3) is 1.88. The Kier molecular flexibility index (Phi) is 2.68. The van der Waals surface area contributed by atoms with Crippen molar-refractivity contribution in [3.63, 3.8) is 0 Å². The van der Waals surface area contributed by atoms with Gasteiger partial charge < -0.3 is 4.98 Å². The minimum Gasteiger partial charge on any atom is -0.339 e. The number of H-pyrrole nitrogens is 1. The maximum atomic E-state index is 11.0. The van der Waals surface area contributed by atoms with Crippen molar-refractivity contribution in [3.05, 3.63) is 70.4 Å². The molecule has 6 heteroatoms. The Labute approximate surface area is 130 Å². The zero-order chi connectivity index (χ0) is 16.0. The fourth-order valence-corrected chi connectivity index (χ4v) is 2.85. The molecule has 2 heterocycles. The molecule has 0 aliphatic heterocycles. The highest BCUT2D eigenvalue weighted by Crippen LogP contribution is 2.32. The predicted octanol–water partition coefficient (Wildman–Crippen LogP) is 3.87. The standard InChI is InChI=1S/C17H10N4O2/c18-9-13-14(11-4-3-5-12(8-11)21(22)23)10-20-16-7-2-1-6-15(16)19-17(13)20/h1-8,10,19H. The quantitative estimate of drug-likeness (QED) is 0.450. The molecule has 4 aromatic rings. The van der Waals surface area contributed by atoms with E-state index in [0.717, 1.165) is 11.0 Å². The minimum absolute atomic E-state index is 0.00566. The largest absolute Gasteiger partial charge is 0.339 e. The molecule has 0 saturated heterocycles. The van der Waals surface area contributed by atoms with Gasteiger partial charge in [0.05, 0.1) is 16.0 Å². The van der Waals surface area contributed by atoms with Gasteiger partial charge in [0.2, 0.25) is 0 Å². The van der Waals surface area contributed by atoms with Crippen LogP contribution in [-0.2, 0) is 0 Å². The molecule has 0 amide bonds. The van der Waals surface area contributed by atoms with Gasteiger partial charge >= 0.3 is 0 Å². The van der Waals surface area contributed by atoms with E-state index in [9.17, 15) is 15.4 Å². The van der Waals surface area contributed by atoms with Gasteiger partial charge in [0.25, 0.3) is 5.69 Å². The number of rotatable bonds is 2. The molecule has 0 spiro atoms. The molecular weight excluding hydrogens is 292 g/mol. The normalized spacial score (nSPS) is 10.9. The number of hydrogen-bond donors (Lipinski definition) is 1. The highest BCUT2D eigenvalue weighted by atomic mass is 16.6. The summed E-state index contributed by atoms with van der Waals surface area (Å²) in [6, 6.07) is 16.3. The van der Waals surface area contributed by atoms with Crippen molar-refractivity contribution in [2.45, 2.75) is 0 Å². The van der Waals surface area contributed by atoms with E-state index in [1.807, 2.05) is 34.9 Å². The van der Waals surface area contributed by atoms with Crippen LogP contribution in [-0.4, -0.2) is 14.3 Å². The van der Waals surface area contributed by atoms with Crippen LogP contribution in [0.2, 0.25) is 0 Å². The molecule has 2 aromatic carbocycles. The minimum atomic E-state index is -0.438. The summed E-state index contributed by atoms with van der Waals surface area (Å²) >= 11 is 0. The van der Waals surface area contributed by atoms with Crippen molar-refractivity contribution in [1.82, 2.24) is 9.38 Å². The van der Waals surface area contributed by atoms with Gasteiger partial charge in [0.15, 0.2) is 0 Å². The van der Waals surface area contributed by atoms with E-state index in [-0.39, 0.29) is 5.69 Å². The lowest BCUT2D eigenvalue weighted by Crippen LogP contribution is -1.88. The summed E-state index contributed by atoms with van der Waals surface area (Å²) in [5, 5.41) is 20.5. The zero-order valence-electron chi connectivity index (χ0n) is 11.9. The van der Waals surface area contributed by atoms with Gasteiger partial charge in [0, 0.05) is 23.9 Å². The molecule has 0 fully saturated rings. The number of aromatic amines is 1. The van der Waals surface area contributed by atoms with E-state index in [4.69, 9.17) is 0 Å². The number of nitrogens with one attached hydrogen (secondary N) is 1. The van der Waals surface area contributed by atoms with Gasteiger partial charge in [-0.1, -0.05) is 24.3 Å². The summed E-state index contributed by atoms with van der Waals surface area (Å²) in [7, 11) is 0. The number of hydrogen-bond acceptors (Lipinski definition) is 3. The number of nitro groups is 1. The zero-order valence-corrected chi connectivity index (χ0v) is 11.9. The number of fused-ring (bicyclic) bond motifs is 3. The van der Waals surface area contributed by atoms with E-state index < -0.39 is 4.92 Å². The topological polar surface area (TPSA) is 87.1 Å². The molecule has 0 aliphatic carbocycles. The number of imidazole rings is 1. The average Bonchev–Trinajstić information content (AvgIpc) is 3.10. The van der Waals surface area contributed by atoms with E-state index in [2.05, 4.69) is 11.1 Å². The summed E-state index contributed by atoms with van der Waals surface area (Å²) in [6.45, 7) is 0. The lowest BCUT2D eigenvalue weighted by atomic mass is 10.0. The van der Waals surface area contributed by atoms with Gasteiger partial charge in [-0.2, -0.15) is 5.26 Å². The van der Waals surface area contributed by atoms with Gasteiger partial charge in [0.1, 0.15) is 17.3 Å². The molecular formula is C17H10N4O2. The second-order valence-electron chi connectivity index (χ2n) is 5.20. The number of benzene rings is 2. The van der Waals surface area contributed by atoms with Crippen molar-refractivity contribution in [2.75, 3.05) is 0 Å². The van der Waals surface area contributed by atoms with Crippen LogP contribution in [0.4, 0.5) is 5.69 Å². The maximum absolute atomic E-state index is 11.0. The number of aromatic nitrogens is 2. The molecule has 2 aromatic heterocycles. The van der Waals surface area contributed by atoms with Crippen LogP contribution in [0.15, 0.2) is 54.7 Å². The molecule has 110 valence electrons. The summed E-state index contributed by atoms with van der Waals surface area (Å²) in [4.78, 5) is 13.8. The van der Waals surface area contributed by atoms with E-state index in [0.29, 0.717) is 22.3 Å². The van der Waals surface area contributed by atoms with Crippen LogP contribution in [0.25, 0.3) is 27.8 Å². The third-order valence-corrected chi connectivity index (χ3v) is 3.90. The molecule has 1 N–H and O–H groups in total. The monoisotopic (exact) mass is 302 g/mol. The molecule has 0 radical (unpaired) electrons. The number of nitro benzene ring substituents is 1. The molecule has 4 rings (SSSR count). The summed E-state index contributed by atoms with van der Waals surface area (Å²) in [5.41, 5.74) is 4.38. The Morgan fingerprint density at radius 2 is 2.00 bits per heavy atom. The van der Waals surface area contributed by atoms with Crippen LogP contribution in [0.5, 0.6) is 0 Å². The third-order valence-electron chi connectivity index (χ3n) is 3.90. The number of nitrogens with zero attached hydrogens (tertiary/aromatic N) is 3. The Morgan fingerprint density at radius 3 is 2.78 bits per heavy atom.